The van der Waals surface area contributed by atoms with Crippen molar-refractivity contribution in [1.82, 2.24) is 10.7 Å². The molecule has 0 aliphatic carbocycles. The van der Waals surface area contributed by atoms with Crippen LogP contribution in [0.4, 0.5) is 16.2 Å². The molecule has 3 aromatic carbocycles. The Balaban J connectivity index is 1.59. The van der Waals surface area contributed by atoms with Gasteiger partial charge in [0.2, 0.25) is 0 Å². The topological polar surface area (TPSA) is 155 Å². The van der Waals surface area contributed by atoms with Gasteiger partial charge in [-0.2, -0.15) is 0 Å². The van der Waals surface area contributed by atoms with Crippen molar-refractivity contribution in [1.29, 1.82) is 0 Å². The van der Waals surface area contributed by atoms with Crippen molar-refractivity contribution in [3.63, 3.8) is 0 Å². The van der Waals surface area contributed by atoms with E-state index >= 15 is 0 Å². The summed E-state index contributed by atoms with van der Waals surface area (Å²) in [6.45, 7) is 0. The number of anilines is 1. The third kappa shape index (κ3) is 7.18. The third-order valence-corrected chi connectivity index (χ3v) is 4.59. The quantitative estimate of drug-likeness (QED) is 0.142. The Labute approximate surface area is 195 Å². The zero-order chi connectivity index (χ0) is 24.3. The third-order valence-electron chi connectivity index (χ3n) is 4.59. The maximum Gasteiger partial charge on any atom is 0.413 e. The maximum absolute atomic E-state index is 12.5. The highest BCUT2D eigenvalue weighted by molar-refractivity contribution is 6.04. The van der Waals surface area contributed by atoms with Crippen molar-refractivity contribution >= 4 is 35.7 Å². The van der Waals surface area contributed by atoms with Gasteiger partial charge in [0.05, 0.1) is 5.69 Å². The predicted molar refractivity (Wildman–Crippen MR) is 127 cm³/mol. The van der Waals surface area contributed by atoms with E-state index in [0.717, 1.165) is 0 Å². The molecule has 1 unspecified atom stereocenters. The van der Waals surface area contributed by atoms with Gasteiger partial charge in [-0.15, -0.1) is 0 Å². The first-order valence-electron chi connectivity index (χ1n) is 10.2. The molecule has 0 bridgehead atoms. The zero-order valence-electron chi connectivity index (χ0n) is 18.0. The molecule has 0 saturated carbocycles. The Morgan fingerprint density at radius 2 is 1.74 bits per heavy atom. The van der Waals surface area contributed by atoms with E-state index in [0.29, 0.717) is 28.3 Å². The van der Waals surface area contributed by atoms with Crippen LogP contribution < -0.4 is 26.6 Å². The van der Waals surface area contributed by atoms with E-state index < -0.39 is 18.1 Å². The van der Waals surface area contributed by atoms with E-state index in [4.69, 9.17) is 10.6 Å². The Bertz CT molecular complexity index is 1170. The molecule has 34 heavy (non-hydrogen) atoms. The number of aliphatic imine (C=N–C) groups is 1. The summed E-state index contributed by atoms with van der Waals surface area (Å²) in [5, 5.41) is 14.6. The van der Waals surface area contributed by atoms with Crippen molar-refractivity contribution < 1.29 is 24.2 Å². The molecule has 0 aliphatic heterocycles. The van der Waals surface area contributed by atoms with Crippen molar-refractivity contribution in [3.8, 4) is 5.75 Å². The maximum atomic E-state index is 12.5. The smallest absolute Gasteiger partial charge is 0.413 e. The van der Waals surface area contributed by atoms with E-state index in [9.17, 15) is 19.5 Å². The van der Waals surface area contributed by atoms with Gasteiger partial charge in [0.25, 0.3) is 5.91 Å². The van der Waals surface area contributed by atoms with Crippen LogP contribution in [-0.2, 0) is 11.2 Å². The fourth-order valence-corrected chi connectivity index (χ4v) is 2.97. The van der Waals surface area contributed by atoms with Crippen LogP contribution in [0.5, 0.6) is 5.75 Å². The van der Waals surface area contributed by atoms with Crippen LogP contribution in [0.1, 0.15) is 15.9 Å². The summed E-state index contributed by atoms with van der Waals surface area (Å²) in [5.41, 5.74) is 4.42. The van der Waals surface area contributed by atoms with E-state index in [1.807, 2.05) is 0 Å². The summed E-state index contributed by atoms with van der Waals surface area (Å²) >= 11 is 0. The van der Waals surface area contributed by atoms with Crippen molar-refractivity contribution in [3.05, 3.63) is 90.0 Å². The number of ether oxygens (including phenoxy) is 1. The van der Waals surface area contributed by atoms with Gasteiger partial charge < -0.3 is 25.9 Å². The minimum absolute atomic E-state index is 0.0304. The molecule has 3 aromatic rings. The number of aliphatic carboxylic acids is 1. The number of hydrogen-bond acceptors (Lipinski definition) is 6. The number of carbonyl (C=O) groups is 3. The van der Waals surface area contributed by atoms with Gasteiger partial charge in [0.1, 0.15) is 18.1 Å². The van der Waals surface area contributed by atoms with Gasteiger partial charge >= 0.3 is 12.1 Å². The fraction of sp³-hybridized carbons (Fsp3) is 0.0833. The fourth-order valence-electron chi connectivity index (χ4n) is 2.97. The van der Waals surface area contributed by atoms with E-state index in [1.54, 1.807) is 78.9 Å². The lowest BCUT2D eigenvalue weighted by molar-refractivity contribution is -0.139. The second-order valence-electron chi connectivity index (χ2n) is 7.07. The largest absolute Gasteiger partial charge is 0.480 e. The molecule has 0 saturated heterocycles. The summed E-state index contributed by atoms with van der Waals surface area (Å²) in [6, 6.07) is 20.5. The van der Waals surface area contributed by atoms with Crippen molar-refractivity contribution in [2.45, 2.75) is 12.5 Å². The molecule has 174 valence electrons. The number of benzene rings is 3. The summed E-state index contributed by atoms with van der Waals surface area (Å²) in [6.07, 6.45) is 0.468. The van der Waals surface area contributed by atoms with E-state index in [1.165, 1.54) is 6.34 Å². The molecule has 1 atom stereocenters. The molecule has 0 heterocycles. The van der Waals surface area contributed by atoms with Gasteiger partial charge in [0, 0.05) is 17.7 Å². The summed E-state index contributed by atoms with van der Waals surface area (Å²) < 4.78 is 5.09. The summed E-state index contributed by atoms with van der Waals surface area (Å²) in [4.78, 5) is 40.2. The number of hydrogen-bond donors (Lipinski definition) is 5. The summed E-state index contributed by atoms with van der Waals surface area (Å²) in [5.74, 6) is 3.92. The first-order valence-corrected chi connectivity index (χ1v) is 10.2. The number of nitrogens with one attached hydrogen (secondary N) is 3. The normalized spacial score (nSPS) is 11.4. The van der Waals surface area contributed by atoms with Crippen LogP contribution in [0.2, 0.25) is 0 Å². The van der Waals surface area contributed by atoms with Crippen LogP contribution in [0, 0.1) is 0 Å². The molecule has 10 nitrogen and oxygen atoms in total. The lowest BCUT2D eigenvalue weighted by Crippen LogP contribution is -2.43. The first kappa shape index (κ1) is 24.0. The van der Waals surface area contributed by atoms with Gasteiger partial charge in [0.15, 0.2) is 0 Å². The summed E-state index contributed by atoms with van der Waals surface area (Å²) in [7, 11) is 0. The number of hydrazine groups is 1. The van der Waals surface area contributed by atoms with Gasteiger partial charge in [-0.1, -0.05) is 36.4 Å². The Morgan fingerprint density at radius 1 is 1.00 bits per heavy atom. The molecule has 3 rings (SSSR count). The molecule has 6 N–H and O–H groups in total. The highest BCUT2D eigenvalue weighted by Gasteiger charge is 2.21. The molecule has 2 amide bonds. The minimum Gasteiger partial charge on any atom is -0.480 e. The predicted octanol–water partition coefficient (Wildman–Crippen LogP) is 2.85. The zero-order valence-corrected chi connectivity index (χ0v) is 18.0. The molecule has 0 spiro atoms. The second kappa shape index (κ2) is 11.8. The van der Waals surface area contributed by atoms with Crippen LogP contribution in [0.3, 0.4) is 0 Å². The Hall–Kier alpha value is -4.70. The number of nitrogens with two attached hydrogens (primary N) is 1. The number of amides is 2. The monoisotopic (exact) mass is 461 g/mol. The highest BCUT2D eigenvalue weighted by Crippen LogP contribution is 2.17. The van der Waals surface area contributed by atoms with Crippen LogP contribution in [0.25, 0.3) is 0 Å². The van der Waals surface area contributed by atoms with Crippen LogP contribution >= 0.6 is 0 Å². The number of nitrogens with zero attached hydrogens (tertiary/aromatic N) is 1. The average Bonchev–Trinajstić information content (AvgIpc) is 2.84. The SMILES string of the molecule is NNC=Nc1cccc(C(=O)Nc2ccc(CC(NC(=O)Oc3ccccc3)C(=O)O)cc2)c1. The highest BCUT2D eigenvalue weighted by atomic mass is 16.6. The number of carboxylic acids is 1. The molecule has 10 heteroatoms. The van der Waals surface area contributed by atoms with Crippen LogP contribution in [0.15, 0.2) is 83.9 Å². The van der Waals surface area contributed by atoms with Crippen LogP contribution in [-0.4, -0.2) is 35.5 Å². The van der Waals surface area contributed by atoms with Gasteiger partial charge in [-0.05, 0) is 48.0 Å². The molecule has 0 aliphatic rings. The van der Waals surface area contributed by atoms with E-state index in [2.05, 4.69) is 21.1 Å². The number of carboxylic acid groups (broad SMARTS) is 1. The molecule has 0 aromatic heterocycles. The Morgan fingerprint density at radius 3 is 2.41 bits per heavy atom. The van der Waals surface area contributed by atoms with E-state index in [-0.39, 0.29) is 12.3 Å². The number of para-hydroxylation sites is 1. The number of carbonyl (C=O) groups excluding carboxylic acids is 2. The minimum atomic E-state index is -1.20. The first-order chi connectivity index (χ1) is 16.4. The molecule has 0 radical (unpaired) electrons. The Kier molecular flexibility index (Phi) is 8.30. The molecule has 0 fully saturated rings. The van der Waals surface area contributed by atoms with Crippen molar-refractivity contribution in [2.75, 3.05) is 5.32 Å². The molecular formula is C24H23N5O5. The second-order valence-corrected chi connectivity index (χ2v) is 7.07. The average molecular weight is 461 g/mol. The number of rotatable bonds is 9. The lowest BCUT2D eigenvalue weighted by atomic mass is 10.1. The lowest BCUT2D eigenvalue weighted by Gasteiger charge is -2.15. The van der Waals surface area contributed by atoms with Gasteiger partial charge in [-0.25, -0.2) is 20.4 Å². The molecular weight excluding hydrogens is 438 g/mol. The van der Waals surface area contributed by atoms with Gasteiger partial charge in [-0.3, -0.25) is 4.79 Å². The standard InChI is InChI=1S/C24H23N5O5/c25-27-15-26-19-6-4-5-17(14-19)22(30)28-18-11-9-16(10-12-18)13-21(23(31)32)29-24(33)34-20-7-2-1-3-8-20/h1-12,14-15,21H,13,25H2,(H,26,27)(H,28,30)(H,29,33)(H,31,32). The van der Waals surface area contributed by atoms with Crippen molar-refractivity contribution in [2.24, 2.45) is 10.8 Å².